The molecule has 1 aromatic rings. The highest BCUT2D eigenvalue weighted by Crippen LogP contribution is 2.35. The van der Waals surface area contributed by atoms with Crippen LogP contribution in [0.3, 0.4) is 0 Å². The second-order valence-electron chi connectivity index (χ2n) is 6.15. The van der Waals surface area contributed by atoms with Crippen LogP contribution >= 0.6 is 0 Å². The van der Waals surface area contributed by atoms with Crippen molar-refractivity contribution < 1.29 is 14.7 Å². The van der Waals surface area contributed by atoms with Gasteiger partial charge in [-0.2, -0.15) is 0 Å². The first-order valence-corrected chi connectivity index (χ1v) is 7.04. The molecule has 1 amide bonds. The lowest BCUT2D eigenvalue weighted by Gasteiger charge is -2.39. The van der Waals surface area contributed by atoms with Crippen molar-refractivity contribution in [3.8, 4) is 0 Å². The third kappa shape index (κ3) is 3.18. The third-order valence-corrected chi connectivity index (χ3v) is 4.18. The van der Waals surface area contributed by atoms with Gasteiger partial charge in [0.2, 0.25) is 0 Å². The van der Waals surface area contributed by atoms with E-state index in [4.69, 9.17) is 5.11 Å². The van der Waals surface area contributed by atoms with Crippen LogP contribution < -0.4 is 5.32 Å². The molecule has 0 heterocycles. The SMILES string of the molecule is CC1(C)CCCCC1NC(=O)c1cccc(C(=O)O)c1. The van der Waals surface area contributed by atoms with E-state index in [1.165, 1.54) is 18.6 Å². The van der Waals surface area contributed by atoms with E-state index >= 15 is 0 Å². The molecule has 0 saturated heterocycles. The van der Waals surface area contributed by atoms with Crippen molar-refractivity contribution in [2.75, 3.05) is 0 Å². The topological polar surface area (TPSA) is 66.4 Å². The van der Waals surface area contributed by atoms with E-state index in [2.05, 4.69) is 19.2 Å². The van der Waals surface area contributed by atoms with Crippen LogP contribution in [0.25, 0.3) is 0 Å². The number of rotatable bonds is 3. The van der Waals surface area contributed by atoms with E-state index < -0.39 is 5.97 Å². The molecular formula is C16H21NO3. The molecule has 1 unspecified atom stereocenters. The van der Waals surface area contributed by atoms with Gasteiger partial charge in [-0.1, -0.05) is 32.8 Å². The Hall–Kier alpha value is -1.84. The predicted molar refractivity (Wildman–Crippen MR) is 76.9 cm³/mol. The predicted octanol–water partition coefficient (Wildman–Crippen LogP) is 3.08. The largest absolute Gasteiger partial charge is 0.478 e. The zero-order valence-electron chi connectivity index (χ0n) is 12.0. The Morgan fingerprint density at radius 1 is 1.25 bits per heavy atom. The Morgan fingerprint density at radius 2 is 1.95 bits per heavy atom. The van der Waals surface area contributed by atoms with Gasteiger partial charge < -0.3 is 10.4 Å². The summed E-state index contributed by atoms with van der Waals surface area (Å²) in [4.78, 5) is 23.2. The smallest absolute Gasteiger partial charge is 0.335 e. The maximum absolute atomic E-state index is 12.3. The van der Waals surface area contributed by atoms with Crippen LogP contribution in [0, 0.1) is 5.41 Å². The summed E-state index contributed by atoms with van der Waals surface area (Å²) in [5.74, 6) is -1.20. The van der Waals surface area contributed by atoms with Gasteiger partial charge >= 0.3 is 5.97 Å². The quantitative estimate of drug-likeness (QED) is 0.890. The van der Waals surface area contributed by atoms with Crippen LogP contribution in [-0.2, 0) is 0 Å². The van der Waals surface area contributed by atoms with E-state index in [0.29, 0.717) is 5.56 Å². The standard InChI is InChI=1S/C16H21NO3/c1-16(2)9-4-3-8-13(16)17-14(18)11-6-5-7-12(10-11)15(19)20/h5-7,10,13H,3-4,8-9H2,1-2H3,(H,17,18)(H,19,20). The van der Waals surface area contributed by atoms with E-state index in [1.807, 2.05) is 0 Å². The second kappa shape index (κ2) is 5.65. The van der Waals surface area contributed by atoms with Crippen LogP contribution in [0.2, 0.25) is 0 Å². The van der Waals surface area contributed by atoms with E-state index in [1.54, 1.807) is 12.1 Å². The maximum atomic E-state index is 12.3. The van der Waals surface area contributed by atoms with E-state index in [0.717, 1.165) is 19.3 Å². The normalized spacial score (nSPS) is 21.2. The first-order chi connectivity index (χ1) is 9.40. The van der Waals surface area contributed by atoms with Gasteiger partial charge in [0.25, 0.3) is 5.91 Å². The summed E-state index contributed by atoms with van der Waals surface area (Å²) in [5, 5.41) is 12.0. The first kappa shape index (κ1) is 14.6. The minimum absolute atomic E-state index is 0.0956. The van der Waals surface area contributed by atoms with Crippen molar-refractivity contribution in [1.29, 1.82) is 0 Å². The summed E-state index contributed by atoms with van der Waals surface area (Å²) >= 11 is 0. The average Bonchev–Trinajstić information content (AvgIpc) is 2.41. The molecule has 20 heavy (non-hydrogen) atoms. The fourth-order valence-electron chi connectivity index (χ4n) is 2.80. The molecule has 1 fully saturated rings. The summed E-state index contributed by atoms with van der Waals surface area (Å²) in [6.45, 7) is 4.34. The van der Waals surface area contributed by atoms with Gasteiger partial charge in [-0.3, -0.25) is 4.79 Å². The number of carboxylic acid groups (broad SMARTS) is 1. The fourth-order valence-corrected chi connectivity index (χ4v) is 2.80. The number of hydrogen-bond acceptors (Lipinski definition) is 2. The van der Waals surface area contributed by atoms with Crippen molar-refractivity contribution in [3.63, 3.8) is 0 Å². The summed E-state index contributed by atoms with van der Waals surface area (Å²) < 4.78 is 0. The summed E-state index contributed by atoms with van der Waals surface area (Å²) in [7, 11) is 0. The molecule has 1 aliphatic carbocycles. The van der Waals surface area contributed by atoms with Gasteiger partial charge in [0.15, 0.2) is 0 Å². The zero-order chi connectivity index (χ0) is 14.8. The Morgan fingerprint density at radius 3 is 2.60 bits per heavy atom. The Kier molecular flexibility index (Phi) is 4.12. The fraction of sp³-hybridized carbons (Fsp3) is 0.500. The van der Waals surface area contributed by atoms with E-state index in [-0.39, 0.29) is 22.9 Å². The molecule has 4 nitrogen and oxygen atoms in total. The molecule has 1 atom stereocenters. The van der Waals surface area contributed by atoms with Gasteiger partial charge in [0.1, 0.15) is 0 Å². The van der Waals surface area contributed by atoms with Crippen LogP contribution in [0.15, 0.2) is 24.3 Å². The monoisotopic (exact) mass is 275 g/mol. The van der Waals surface area contributed by atoms with Gasteiger partial charge in [-0.05, 0) is 36.5 Å². The molecule has 4 heteroatoms. The van der Waals surface area contributed by atoms with Crippen LogP contribution in [0.4, 0.5) is 0 Å². The molecular weight excluding hydrogens is 254 g/mol. The number of carbonyl (C=O) groups excluding carboxylic acids is 1. The summed E-state index contributed by atoms with van der Waals surface area (Å²) in [6, 6.07) is 6.32. The number of carbonyl (C=O) groups is 2. The number of nitrogens with one attached hydrogen (secondary N) is 1. The lowest BCUT2D eigenvalue weighted by atomic mass is 9.73. The second-order valence-corrected chi connectivity index (χ2v) is 6.15. The molecule has 0 aromatic heterocycles. The van der Waals surface area contributed by atoms with Crippen molar-refractivity contribution in [1.82, 2.24) is 5.32 Å². The molecule has 108 valence electrons. The highest BCUT2D eigenvalue weighted by atomic mass is 16.4. The van der Waals surface area contributed by atoms with E-state index in [9.17, 15) is 9.59 Å². The van der Waals surface area contributed by atoms with Crippen molar-refractivity contribution in [2.24, 2.45) is 5.41 Å². The minimum atomic E-state index is -1.02. The van der Waals surface area contributed by atoms with Gasteiger partial charge in [0, 0.05) is 11.6 Å². The number of carboxylic acids is 1. The molecule has 0 aliphatic heterocycles. The lowest BCUT2D eigenvalue weighted by molar-refractivity contribution is 0.0697. The van der Waals surface area contributed by atoms with Crippen LogP contribution in [0.1, 0.15) is 60.2 Å². The molecule has 0 spiro atoms. The first-order valence-electron chi connectivity index (χ1n) is 7.04. The minimum Gasteiger partial charge on any atom is -0.478 e. The van der Waals surface area contributed by atoms with Crippen molar-refractivity contribution >= 4 is 11.9 Å². The molecule has 0 radical (unpaired) electrons. The highest BCUT2D eigenvalue weighted by Gasteiger charge is 2.33. The zero-order valence-corrected chi connectivity index (χ0v) is 12.0. The number of hydrogen-bond donors (Lipinski definition) is 2. The van der Waals surface area contributed by atoms with Crippen LogP contribution in [-0.4, -0.2) is 23.0 Å². The van der Waals surface area contributed by atoms with Gasteiger partial charge in [-0.15, -0.1) is 0 Å². The average molecular weight is 275 g/mol. The third-order valence-electron chi connectivity index (χ3n) is 4.18. The highest BCUT2D eigenvalue weighted by molar-refractivity contribution is 5.97. The molecule has 2 N–H and O–H groups in total. The molecule has 1 saturated carbocycles. The van der Waals surface area contributed by atoms with Crippen LogP contribution in [0.5, 0.6) is 0 Å². The molecule has 1 aromatic carbocycles. The lowest BCUT2D eigenvalue weighted by Crippen LogP contribution is -2.46. The molecule has 1 aliphatic rings. The Bertz CT molecular complexity index is 522. The number of benzene rings is 1. The van der Waals surface area contributed by atoms with Gasteiger partial charge in [-0.25, -0.2) is 4.79 Å². The van der Waals surface area contributed by atoms with Gasteiger partial charge in [0.05, 0.1) is 5.56 Å². The van der Waals surface area contributed by atoms with Crippen molar-refractivity contribution in [2.45, 2.75) is 45.6 Å². The Labute approximate surface area is 119 Å². The number of amides is 1. The van der Waals surface area contributed by atoms with Crippen molar-refractivity contribution in [3.05, 3.63) is 35.4 Å². The Balaban J connectivity index is 2.12. The summed E-state index contributed by atoms with van der Waals surface area (Å²) in [5.41, 5.74) is 0.644. The summed E-state index contributed by atoms with van der Waals surface area (Å²) in [6.07, 6.45) is 4.42. The number of aromatic carboxylic acids is 1. The maximum Gasteiger partial charge on any atom is 0.335 e. The molecule has 0 bridgehead atoms. The molecule has 2 rings (SSSR count).